The molecule has 156 valence electrons. The van der Waals surface area contributed by atoms with Crippen molar-refractivity contribution in [2.24, 2.45) is 23.2 Å². The van der Waals surface area contributed by atoms with Crippen LogP contribution < -0.4 is 10.6 Å². The fraction of sp³-hybridized carbons (Fsp3) is 0.609. The number of benzene rings is 1. The lowest BCUT2D eigenvalue weighted by molar-refractivity contribution is -0.160. The van der Waals surface area contributed by atoms with Crippen LogP contribution in [-0.4, -0.2) is 23.9 Å². The van der Waals surface area contributed by atoms with Crippen LogP contribution in [0.2, 0.25) is 0 Å². The number of carbonyl (C=O) groups is 3. The molecule has 1 aromatic carbocycles. The van der Waals surface area contributed by atoms with Crippen LogP contribution >= 0.6 is 0 Å². The number of anilines is 2. The topological polar surface area (TPSA) is 84.5 Å². The predicted molar refractivity (Wildman–Crippen MR) is 110 cm³/mol. The van der Waals surface area contributed by atoms with Crippen molar-refractivity contribution in [2.75, 3.05) is 10.6 Å². The fourth-order valence-corrected chi connectivity index (χ4v) is 6.19. The molecule has 4 bridgehead atoms. The van der Waals surface area contributed by atoms with Crippen molar-refractivity contribution in [1.29, 1.82) is 0 Å². The number of ether oxygens (including phenoxy) is 1. The monoisotopic (exact) mass is 398 g/mol. The molecule has 6 heteroatoms. The molecule has 4 fully saturated rings. The first-order chi connectivity index (χ1) is 13.8. The summed E-state index contributed by atoms with van der Waals surface area (Å²) in [6.45, 7) is 3.05. The van der Waals surface area contributed by atoms with Crippen molar-refractivity contribution < 1.29 is 19.1 Å². The molecule has 4 saturated carbocycles. The summed E-state index contributed by atoms with van der Waals surface area (Å²) in [6, 6.07) is 6.82. The van der Waals surface area contributed by atoms with Crippen molar-refractivity contribution in [2.45, 2.75) is 64.9 Å². The smallest absolute Gasteiger partial charge is 0.307 e. The summed E-state index contributed by atoms with van der Waals surface area (Å²) < 4.78 is 5.49. The number of amides is 2. The Bertz CT molecular complexity index is 766. The van der Waals surface area contributed by atoms with E-state index in [1.165, 1.54) is 26.2 Å². The van der Waals surface area contributed by atoms with E-state index in [0.29, 0.717) is 17.8 Å². The SMILES string of the molecule is CC(=O)Nc1ccc(NC(=O)[C@H](C)OC(=O)CC23CC4CC(CC(C4)C2)C3)cc1. The first-order valence-corrected chi connectivity index (χ1v) is 10.7. The Morgan fingerprint density at radius 3 is 1.93 bits per heavy atom. The molecule has 4 aliphatic rings. The Kier molecular flexibility index (Phi) is 5.36. The summed E-state index contributed by atoms with van der Waals surface area (Å²) in [4.78, 5) is 36.1. The van der Waals surface area contributed by atoms with Crippen LogP contribution in [0.15, 0.2) is 24.3 Å². The molecule has 29 heavy (non-hydrogen) atoms. The molecule has 0 saturated heterocycles. The van der Waals surface area contributed by atoms with Crippen molar-refractivity contribution in [3.05, 3.63) is 24.3 Å². The number of hydrogen-bond acceptors (Lipinski definition) is 4. The summed E-state index contributed by atoms with van der Waals surface area (Å²) >= 11 is 0. The van der Waals surface area contributed by atoms with E-state index >= 15 is 0 Å². The zero-order valence-corrected chi connectivity index (χ0v) is 17.2. The average molecular weight is 399 g/mol. The summed E-state index contributed by atoms with van der Waals surface area (Å²) in [6.07, 6.45) is 7.07. The first kappa shape index (κ1) is 19.9. The van der Waals surface area contributed by atoms with E-state index in [2.05, 4.69) is 10.6 Å². The van der Waals surface area contributed by atoms with Gasteiger partial charge in [-0.25, -0.2) is 0 Å². The lowest BCUT2D eigenvalue weighted by atomic mass is 9.49. The number of esters is 1. The van der Waals surface area contributed by atoms with Crippen molar-refractivity contribution in [3.63, 3.8) is 0 Å². The minimum absolute atomic E-state index is 0.113. The zero-order valence-electron chi connectivity index (χ0n) is 17.2. The maximum atomic E-state index is 12.6. The highest BCUT2D eigenvalue weighted by Gasteiger charge is 2.51. The highest BCUT2D eigenvalue weighted by molar-refractivity contribution is 5.95. The van der Waals surface area contributed by atoms with Gasteiger partial charge in [0.15, 0.2) is 6.10 Å². The van der Waals surface area contributed by atoms with Gasteiger partial charge in [0.1, 0.15) is 0 Å². The van der Waals surface area contributed by atoms with Crippen LogP contribution in [0.3, 0.4) is 0 Å². The van der Waals surface area contributed by atoms with E-state index in [1.54, 1.807) is 31.2 Å². The third kappa shape index (κ3) is 4.62. The van der Waals surface area contributed by atoms with Gasteiger partial charge in [-0.15, -0.1) is 0 Å². The summed E-state index contributed by atoms with van der Waals surface area (Å²) in [5.74, 6) is 1.61. The maximum absolute atomic E-state index is 12.6. The predicted octanol–water partition coefficient (Wildman–Crippen LogP) is 4.12. The van der Waals surface area contributed by atoms with Crippen LogP contribution in [0.25, 0.3) is 0 Å². The van der Waals surface area contributed by atoms with E-state index in [0.717, 1.165) is 37.0 Å². The van der Waals surface area contributed by atoms with Gasteiger partial charge in [0.25, 0.3) is 5.91 Å². The van der Waals surface area contributed by atoms with Gasteiger partial charge in [-0.05, 0) is 92.9 Å². The van der Waals surface area contributed by atoms with Crippen molar-refractivity contribution in [3.8, 4) is 0 Å². The molecule has 0 aromatic heterocycles. The number of nitrogens with one attached hydrogen (secondary N) is 2. The molecule has 4 aliphatic carbocycles. The van der Waals surface area contributed by atoms with Gasteiger partial charge >= 0.3 is 5.97 Å². The number of hydrogen-bond donors (Lipinski definition) is 2. The Hall–Kier alpha value is -2.37. The molecule has 0 aliphatic heterocycles. The second-order valence-electron chi connectivity index (χ2n) is 9.47. The molecule has 0 radical (unpaired) electrons. The molecule has 6 nitrogen and oxygen atoms in total. The standard InChI is InChI=1S/C23H30N2O4/c1-14(22(28)25-20-5-3-19(4-6-20)24-15(2)26)29-21(27)13-23-10-16-7-17(11-23)9-18(8-16)12-23/h3-6,14,16-18H,7-13H2,1-2H3,(H,24,26)(H,25,28)/t14-,16?,17?,18?,23?/m0/s1. The van der Waals surface area contributed by atoms with Gasteiger partial charge < -0.3 is 15.4 Å². The summed E-state index contributed by atoms with van der Waals surface area (Å²) in [7, 11) is 0. The maximum Gasteiger partial charge on any atom is 0.307 e. The van der Waals surface area contributed by atoms with Gasteiger partial charge in [-0.2, -0.15) is 0 Å². The van der Waals surface area contributed by atoms with Crippen LogP contribution in [-0.2, 0) is 19.1 Å². The molecular weight excluding hydrogens is 368 g/mol. The lowest BCUT2D eigenvalue weighted by Gasteiger charge is -2.56. The highest BCUT2D eigenvalue weighted by Crippen LogP contribution is 2.61. The van der Waals surface area contributed by atoms with Crippen molar-refractivity contribution >= 4 is 29.2 Å². The molecule has 2 N–H and O–H groups in total. The second-order valence-corrected chi connectivity index (χ2v) is 9.47. The highest BCUT2D eigenvalue weighted by atomic mass is 16.5. The molecule has 5 rings (SSSR count). The quantitative estimate of drug-likeness (QED) is 0.706. The minimum Gasteiger partial charge on any atom is -0.453 e. The number of carbonyl (C=O) groups excluding carboxylic acids is 3. The fourth-order valence-electron chi connectivity index (χ4n) is 6.19. The number of rotatable bonds is 6. The molecule has 0 unspecified atom stereocenters. The lowest BCUT2D eigenvalue weighted by Crippen LogP contribution is -2.47. The Balaban J connectivity index is 1.28. The van der Waals surface area contributed by atoms with Gasteiger partial charge in [0.2, 0.25) is 5.91 Å². The van der Waals surface area contributed by atoms with Crippen molar-refractivity contribution in [1.82, 2.24) is 0 Å². The summed E-state index contributed by atoms with van der Waals surface area (Å²) in [5, 5.41) is 5.43. The van der Waals surface area contributed by atoms with Gasteiger partial charge in [0.05, 0.1) is 6.42 Å². The average Bonchev–Trinajstić information content (AvgIpc) is 2.61. The van der Waals surface area contributed by atoms with Gasteiger partial charge in [-0.3, -0.25) is 14.4 Å². The van der Waals surface area contributed by atoms with E-state index in [9.17, 15) is 14.4 Å². The minimum atomic E-state index is -0.841. The van der Waals surface area contributed by atoms with E-state index in [1.807, 2.05) is 0 Å². The molecule has 1 aromatic rings. The molecular formula is C23H30N2O4. The van der Waals surface area contributed by atoms with Crippen LogP contribution in [0.1, 0.15) is 58.8 Å². The van der Waals surface area contributed by atoms with Gasteiger partial charge in [-0.1, -0.05) is 0 Å². The van der Waals surface area contributed by atoms with E-state index < -0.39 is 6.10 Å². The van der Waals surface area contributed by atoms with Crippen LogP contribution in [0, 0.1) is 23.2 Å². The normalized spacial score (nSPS) is 30.5. The van der Waals surface area contributed by atoms with E-state index in [-0.39, 0.29) is 23.2 Å². The molecule has 0 spiro atoms. The second kappa shape index (κ2) is 7.81. The van der Waals surface area contributed by atoms with Crippen LogP contribution in [0.5, 0.6) is 0 Å². The molecule has 0 heterocycles. The molecule has 2 amide bonds. The third-order valence-electron chi connectivity index (χ3n) is 6.83. The Morgan fingerprint density at radius 1 is 0.966 bits per heavy atom. The zero-order chi connectivity index (χ0) is 20.6. The first-order valence-electron chi connectivity index (χ1n) is 10.7. The summed E-state index contributed by atoms with van der Waals surface area (Å²) in [5.41, 5.74) is 1.36. The van der Waals surface area contributed by atoms with Gasteiger partial charge in [0, 0.05) is 18.3 Å². The van der Waals surface area contributed by atoms with Crippen LogP contribution in [0.4, 0.5) is 11.4 Å². The molecule has 1 atom stereocenters. The largest absolute Gasteiger partial charge is 0.453 e. The van der Waals surface area contributed by atoms with E-state index in [4.69, 9.17) is 4.74 Å². The third-order valence-corrected chi connectivity index (χ3v) is 6.83. The Morgan fingerprint density at radius 2 is 1.45 bits per heavy atom. The Labute approximate surface area is 171 Å².